The molecule has 1 saturated carbocycles. The molecular formula is C12H18ClN3O. The van der Waals surface area contributed by atoms with Crippen molar-refractivity contribution in [2.45, 2.75) is 32.6 Å². The van der Waals surface area contributed by atoms with E-state index >= 15 is 0 Å². The summed E-state index contributed by atoms with van der Waals surface area (Å²) in [6.45, 7) is 5.47. The summed E-state index contributed by atoms with van der Waals surface area (Å²) in [5.41, 5.74) is 0.895. The van der Waals surface area contributed by atoms with Crippen LogP contribution in [0.15, 0.2) is 0 Å². The van der Waals surface area contributed by atoms with Crippen LogP contribution in [0.3, 0.4) is 0 Å². The van der Waals surface area contributed by atoms with Gasteiger partial charge in [0.1, 0.15) is 16.8 Å². The number of aliphatic hydroxyl groups is 1. The highest BCUT2D eigenvalue weighted by molar-refractivity contribution is 6.30. The number of aliphatic hydroxyl groups excluding tert-OH is 1. The summed E-state index contributed by atoms with van der Waals surface area (Å²) >= 11 is 6.15. The first-order valence-electron chi connectivity index (χ1n) is 6.07. The lowest BCUT2D eigenvalue weighted by Crippen LogP contribution is -2.28. The predicted molar refractivity (Wildman–Crippen MR) is 68.7 cm³/mol. The number of hydrogen-bond donors (Lipinski definition) is 1. The fourth-order valence-corrected chi connectivity index (χ4v) is 2.03. The van der Waals surface area contributed by atoms with Crippen LogP contribution in [0.4, 0.5) is 5.82 Å². The average molecular weight is 256 g/mol. The number of nitrogens with zero attached hydrogens (tertiary/aromatic N) is 3. The Morgan fingerprint density at radius 2 is 2.12 bits per heavy atom. The van der Waals surface area contributed by atoms with Crippen LogP contribution >= 0.6 is 11.6 Å². The number of anilines is 1. The lowest BCUT2D eigenvalue weighted by atomic mass is 10.3. The highest BCUT2D eigenvalue weighted by Gasteiger charge is 2.28. The van der Waals surface area contributed by atoms with E-state index in [9.17, 15) is 0 Å². The third-order valence-corrected chi connectivity index (χ3v) is 3.44. The number of halogens is 1. The molecule has 1 N–H and O–H groups in total. The van der Waals surface area contributed by atoms with E-state index in [2.05, 4.69) is 9.97 Å². The van der Waals surface area contributed by atoms with Crippen LogP contribution in [0.25, 0.3) is 0 Å². The topological polar surface area (TPSA) is 49.2 Å². The molecule has 17 heavy (non-hydrogen) atoms. The Morgan fingerprint density at radius 1 is 1.41 bits per heavy atom. The molecule has 0 amide bonds. The van der Waals surface area contributed by atoms with Gasteiger partial charge in [-0.3, -0.25) is 0 Å². The fourth-order valence-electron chi connectivity index (χ4n) is 1.86. The van der Waals surface area contributed by atoms with Crippen molar-refractivity contribution in [3.8, 4) is 0 Å². The van der Waals surface area contributed by atoms with Gasteiger partial charge in [0.25, 0.3) is 0 Å². The Bertz CT molecular complexity index is 407. The van der Waals surface area contributed by atoms with Gasteiger partial charge in [0.05, 0.1) is 6.61 Å². The molecule has 1 aromatic rings. The second kappa shape index (κ2) is 5.19. The Labute approximate surface area is 107 Å². The monoisotopic (exact) mass is 255 g/mol. The summed E-state index contributed by atoms with van der Waals surface area (Å²) in [6, 6.07) is 0. The van der Waals surface area contributed by atoms with E-state index in [1.807, 2.05) is 18.7 Å². The average Bonchev–Trinajstić information content (AvgIpc) is 3.14. The van der Waals surface area contributed by atoms with Crippen molar-refractivity contribution in [1.29, 1.82) is 0 Å². The SMILES string of the molecule is CCN(CCO)c1nc(C2CC2)nc(Cl)c1C. The minimum atomic E-state index is 0.119. The zero-order chi connectivity index (χ0) is 12.4. The van der Waals surface area contributed by atoms with Gasteiger partial charge >= 0.3 is 0 Å². The first kappa shape index (κ1) is 12.6. The maximum Gasteiger partial charge on any atom is 0.137 e. The summed E-state index contributed by atoms with van der Waals surface area (Å²) in [5.74, 6) is 2.20. The van der Waals surface area contributed by atoms with Crippen LogP contribution in [0.2, 0.25) is 5.15 Å². The highest BCUT2D eigenvalue weighted by atomic mass is 35.5. The molecule has 0 aliphatic heterocycles. The van der Waals surface area contributed by atoms with Gasteiger partial charge in [0.2, 0.25) is 0 Å². The van der Waals surface area contributed by atoms with Gasteiger partial charge in [-0.1, -0.05) is 11.6 Å². The number of likely N-dealkylation sites (N-methyl/N-ethyl adjacent to an activating group) is 1. The van der Waals surface area contributed by atoms with E-state index < -0.39 is 0 Å². The van der Waals surface area contributed by atoms with Gasteiger partial charge < -0.3 is 10.0 Å². The van der Waals surface area contributed by atoms with Crippen molar-refractivity contribution in [3.63, 3.8) is 0 Å². The van der Waals surface area contributed by atoms with Gasteiger partial charge in [-0.15, -0.1) is 0 Å². The molecule has 1 aromatic heterocycles. The van der Waals surface area contributed by atoms with Gasteiger partial charge in [0, 0.05) is 24.6 Å². The van der Waals surface area contributed by atoms with Crippen molar-refractivity contribution in [2.75, 3.05) is 24.6 Å². The van der Waals surface area contributed by atoms with E-state index in [1.165, 1.54) is 0 Å². The van der Waals surface area contributed by atoms with E-state index in [0.717, 1.165) is 36.6 Å². The van der Waals surface area contributed by atoms with Gasteiger partial charge in [-0.2, -0.15) is 0 Å². The Kier molecular flexibility index (Phi) is 3.84. The maximum atomic E-state index is 9.06. The third kappa shape index (κ3) is 2.69. The molecule has 0 bridgehead atoms. The maximum absolute atomic E-state index is 9.06. The summed E-state index contributed by atoms with van der Waals surface area (Å²) in [4.78, 5) is 11.0. The second-order valence-corrected chi connectivity index (χ2v) is 4.76. The lowest BCUT2D eigenvalue weighted by Gasteiger charge is -2.23. The highest BCUT2D eigenvalue weighted by Crippen LogP contribution is 2.39. The molecule has 1 heterocycles. The number of rotatable bonds is 5. The Balaban J connectivity index is 2.35. The van der Waals surface area contributed by atoms with E-state index in [0.29, 0.717) is 17.6 Å². The fraction of sp³-hybridized carbons (Fsp3) is 0.667. The van der Waals surface area contributed by atoms with Crippen molar-refractivity contribution < 1.29 is 5.11 Å². The molecule has 1 aliphatic carbocycles. The third-order valence-electron chi connectivity index (χ3n) is 3.07. The van der Waals surface area contributed by atoms with Crippen molar-refractivity contribution in [1.82, 2.24) is 9.97 Å². The predicted octanol–water partition coefficient (Wildman–Crippen LogP) is 2.13. The van der Waals surface area contributed by atoms with Crippen LogP contribution in [0.1, 0.15) is 37.1 Å². The van der Waals surface area contributed by atoms with Crippen molar-refractivity contribution >= 4 is 17.4 Å². The molecule has 0 spiro atoms. The zero-order valence-corrected chi connectivity index (χ0v) is 11.0. The molecule has 0 radical (unpaired) electrons. The molecule has 94 valence electrons. The van der Waals surface area contributed by atoms with Crippen LogP contribution in [0.5, 0.6) is 0 Å². The van der Waals surface area contributed by atoms with Crippen LogP contribution in [-0.2, 0) is 0 Å². The standard InChI is InChI=1S/C12H18ClN3O/c1-3-16(6-7-17)12-8(2)10(13)14-11(15-12)9-4-5-9/h9,17H,3-7H2,1-2H3. The van der Waals surface area contributed by atoms with Gasteiger partial charge in [0.15, 0.2) is 0 Å². The molecule has 4 nitrogen and oxygen atoms in total. The van der Waals surface area contributed by atoms with Crippen molar-refractivity contribution in [3.05, 3.63) is 16.5 Å². The molecule has 0 saturated heterocycles. The molecule has 1 aliphatic rings. The van der Waals surface area contributed by atoms with E-state index in [4.69, 9.17) is 16.7 Å². The normalized spacial score (nSPS) is 15.1. The number of hydrogen-bond acceptors (Lipinski definition) is 4. The smallest absolute Gasteiger partial charge is 0.137 e. The van der Waals surface area contributed by atoms with Gasteiger partial charge in [-0.05, 0) is 26.7 Å². The van der Waals surface area contributed by atoms with Crippen LogP contribution in [0, 0.1) is 6.92 Å². The second-order valence-electron chi connectivity index (χ2n) is 4.40. The minimum Gasteiger partial charge on any atom is -0.395 e. The van der Waals surface area contributed by atoms with Gasteiger partial charge in [-0.25, -0.2) is 9.97 Å². The minimum absolute atomic E-state index is 0.119. The van der Waals surface area contributed by atoms with Crippen LogP contribution < -0.4 is 4.90 Å². The molecule has 5 heteroatoms. The summed E-state index contributed by atoms with van der Waals surface area (Å²) in [5, 5.41) is 9.60. The quantitative estimate of drug-likeness (QED) is 0.819. The molecule has 0 aromatic carbocycles. The molecular weight excluding hydrogens is 238 g/mol. The first-order valence-corrected chi connectivity index (χ1v) is 6.45. The summed E-state index contributed by atoms with van der Waals surface area (Å²) in [7, 11) is 0. The first-order chi connectivity index (χ1) is 8.17. The largest absolute Gasteiger partial charge is 0.395 e. The van der Waals surface area contributed by atoms with E-state index in [-0.39, 0.29) is 6.61 Å². The van der Waals surface area contributed by atoms with Crippen molar-refractivity contribution in [2.24, 2.45) is 0 Å². The molecule has 0 atom stereocenters. The summed E-state index contributed by atoms with van der Waals surface area (Å²) in [6.07, 6.45) is 2.32. The zero-order valence-electron chi connectivity index (χ0n) is 10.3. The Morgan fingerprint density at radius 3 is 2.65 bits per heavy atom. The van der Waals surface area contributed by atoms with Crippen LogP contribution in [-0.4, -0.2) is 34.8 Å². The number of aromatic nitrogens is 2. The molecule has 1 fully saturated rings. The molecule has 2 rings (SSSR count). The Hall–Kier alpha value is -0.870. The van der Waals surface area contributed by atoms with E-state index in [1.54, 1.807) is 0 Å². The lowest BCUT2D eigenvalue weighted by molar-refractivity contribution is 0.302. The molecule has 0 unspecified atom stereocenters. The summed E-state index contributed by atoms with van der Waals surface area (Å²) < 4.78 is 0.